The number of oxazole rings is 1. The van der Waals surface area contributed by atoms with Crippen LogP contribution in [0.3, 0.4) is 0 Å². The topological polar surface area (TPSA) is 69.4 Å². The third-order valence-corrected chi connectivity index (χ3v) is 4.17. The second-order valence-corrected chi connectivity index (χ2v) is 6.01. The summed E-state index contributed by atoms with van der Waals surface area (Å²) in [5.74, 6) is -2.27. The zero-order valence-electron chi connectivity index (χ0n) is 12.7. The number of fused-ring (bicyclic) bond motifs is 1. The lowest BCUT2D eigenvalue weighted by Gasteiger charge is -2.17. The zero-order chi connectivity index (χ0) is 18.2. The molecule has 1 atom stereocenters. The van der Waals surface area contributed by atoms with E-state index in [0.717, 1.165) is 11.3 Å². The van der Waals surface area contributed by atoms with Gasteiger partial charge in [0.05, 0.1) is 0 Å². The molecule has 0 saturated carbocycles. The van der Waals surface area contributed by atoms with Crippen molar-refractivity contribution in [3.8, 4) is 0 Å². The first-order valence-corrected chi connectivity index (χ1v) is 7.86. The van der Waals surface area contributed by atoms with Gasteiger partial charge in [0.2, 0.25) is 5.89 Å². The molecule has 3 aromatic rings. The molecule has 1 aromatic carbocycles. The van der Waals surface area contributed by atoms with Crippen molar-refractivity contribution in [3.05, 3.63) is 52.0 Å². The summed E-state index contributed by atoms with van der Waals surface area (Å²) in [6.45, 7) is 1.29. The van der Waals surface area contributed by atoms with Gasteiger partial charge in [0.15, 0.2) is 11.4 Å². The fourth-order valence-corrected chi connectivity index (χ4v) is 2.88. The highest BCUT2D eigenvalue weighted by Crippen LogP contribution is 2.37. The standard InChI is InChI=1S/C16H10F3NO4S/c1-8(21)9-6-12(25-7-9)15(22)24-13(16(17,18)19)14-20-10-4-2-3-5-11(10)23-14/h2-7,13H,1H3. The summed E-state index contributed by atoms with van der Waals surface area (Å²) in [6.07, 6.45) is -7.55. The van der Waals surface area contributed by atoms with Crippen molar-refractivity contribution in [1.29, 1.82) is 0 Å². The molecule has 25 heavy (non-hydrogen) atoms. The van der Waals surface area contributed by atoms with E-state index >= 15 is 0 Å². The van der Waals surface area contributed by atoms with Crippen molar-refractivity contribution in [2.24, 2.45) is 0 Å². The van der Waals surface area contributed by atoms with Gasteiger partial charge < -0.3 is 9.15 Å². The molecule has 0 amide bonds. The van der Waals surface area contributed by atoms with Crippen molar-refractivity contribution in [2.45, 2.75) is 19.2 Å². The highest BCUT2D eigenvalue weighted by molar-refractivity contribution is 7.12. The van der Waals surface area contributed by atoms with Gasteiger partial charge in [-0.2, -0.15) is 13.2 Å². The van der Waals surface area contributed by atoms with Crippen LogP contribution in [-0.4, -0.2) is 22.9 Å². The minimum Gasteiger partial charge on any atom is -0.438 e. The average Bonchev–Trinajstić information content (AvgIpc) is 3.17. The molecule has 0 N–H and O–H groups in total. The van der Waals surface area contributed by atoms with Crippen molar-refractivity contribution < 1.29 is 31.9 Å². The molecule has 0 fully saturated rings. The Bertz CT molecular complexity index is 911. The average molecular weight is 369 g/mol. The fourth-order valence-electron chi connectivity index (χ4n) is 2.05. The molecule has 0 spiro atoms. The van der Waals surface area contributed by atoms with E-state index in [0.29, 0.717) is 0 Å². The summed E-state index contributed by atoms with van der Waals surface area (Å²) in [4.78, 5) is 26.9. The van der Waals surface area contributed by atoms with E-state index in [1.54, 1.807) is 12.1 Å². The van der Waals surface area contributed by atoms with Crippen LogP contribution in [-0.2, 0) is 4.74 Å². The Kier molecular flexibility index (Phi) is 4.34. The van der Waals surface area contributed by atoms with Crippen LogP contribution in [0, 0.1) is 0 Å². The van der Waals surface area contributed by atoms with Crippen LogP contribution in [0.15, 0.2) is 40.1 Å². The predicted octanol–water partition coefficient (Wildman–Crippen LogP) is 4.55. The van der Waals surface area contributed by atoms with Gasteiger partial charge in [-0.1, -0.05) is 12.1 Å². The van der Waals surface area contributed by atoms with Gasteiger partial charge >= 0.3 is 12.1 Å². The summed E-state index contributed by atoms with van der Waals surface area (Å²) in [7, 11) is 0. The minimum atomic E-state index is -4.91. The number of para-hydroxylation sites is 2. The lowest BCUT2D eigenvalue weighted by Crippen LogP contribution is -2.26. The lowest BCUT2D eigenvalue weighted by molar-refractivity contribution is -0.213. The van der Waals surface area contributed by atoms with Gasteiger partial charge in [0.1, 0.15) is 10.4 Å². The molecular formula is C16H10F3NO4S. The minimum absolute atomic E-state index is 0.115. The quantitative estimate of drug-likeness (QED) is 0.498. The number of nitrogens with zero attached hydrogens (tertiary/aromatic N) is 1. The lowest BCUT2D eigenvalue weighted by atomic mass is 10.2. The van der Waals surface area contributed by atoms with Gasteiger partial charge in [-0.05, 0) is 25.1 Å². The number of hydrogen-bond donors (Lipinski definition) is 0. The van der Waals surface area contributed by atoms with Gasteiger partial charge in [-0.25, -0.2) is 9.78 Å². The van der Waals surface area contributed by atoms with Crippen molar-refractivity contribution in [2.75, 3.05) is 0 Å². The number of thiophene rings is 1. The molecule has 0 aliphatic carbocycles. The van der Waals surface area contributed by atoms with E-state index in [2.05, 4.69) is 9.72 Å². The maximum absolute atomic E-state index is 13.3. The number of esters is 1. The molecule has 9 heteroatoms. The van der Waals surface area contributed by atoms with E-state index in [1.165, 1.54) is 30.5 Å². The van der Waals surface area contributed by atoms with Gasteiger partial charge in [-0.15, -0.1) is 11.3 Å². The largest absolute Gasteiger partial charge is 0.438 e. The Labute approximate surface area is 143 Å². The zero-order valence-corrected chi connectivity index (χ0v) is 13.5. The van der Waals surface area contributed by atoms with E-state index in [1.807, 2.05) is 0 Å². The molecule has 1 unspecified atom stereocenters. The molecule has 3 rings (SSSR count). The molecule has 130 valence electrons. The smallest absolute Gasteiger partial charge is 0.434 e. The Hall–Kier alpha value is -2.68. The number of halogens is 3. The SMILES string of the molecule is CC(=O)c1csc(C(=O)OC(c2nc3ccccc3o2)C(F)(F)F)c1. The summed E-state index contributed by atoms with van der Waals surface area (Å²) < 4.78 is 49.6. The first-order chi connectivity index (χ1) is 11.8. The van der Waals surface area contributed by atoms with Gasteiger partial charge in [0, 0.05) is 10.9 Å². The highest BCUT2D eigenvalue weighted by atomic mass is 32.1. The number of alkyl halides is 3. The van der Waals surface area contributed by atoms with E-state index < -0.39 is 24.1 Å². The number of ketones is 1. The van der Waals surface area contributed by atoms with Crippen LogP contribution in [0.5, 0.6) is 0 Å². The maximum Gasteiger partial charge on any atom is 0.434 e. The van der Waals surface area contributed by atoms with Crippen LogP contribution >= 0.6 is 11.3 Å². The number of Topliss-reactive ketones (excluding diaryl/α,β-unsaturated/α-hetero) is 1. The maximum atomic E-state index is 13.3. The first kappa shape index (κ1) is 17.2. The van der Waals surface area contributed by atoms with E-state index in [-0.39, 0.29) is 27.3 Å². The molecule has 0 aliphatic heterocycles. The summed E-state index contributed by atoms with van der Waals surface area (Å²) in [5.41, 5.74) is 0.595. The number of benzene rings is 1. The number of rotatable bonds is 4. The normalized spacial score (nSPS) is 13.0. The molecule has 0 saturated heterocycles. The van der Waals surface area contributed by atoms with Gasteiger partial charge in [0.25, 0.3) is 6.10 Å². The first-order valence-electron chi connectivity index (χ1n) is 6.98. The number of hydrogen-bond acceptors (Lipinski definition) is 6. The van der Waals surface area contributed by atoms with Crippen molar-refractivity contribution in [1.82, 2.24) is 4.98 Å². The monoisotopic (exact) mass is 369 g/mol. The van der Waals surface area contributed by atoms with Crippen LogP contribution < -0.4 is 0 Å². The summed E-state index contributed by atoms with van der Waals surface area (Å²) >= 11 is 0.825. The molecule has 0 radical (unpaired) electrons. The molecular weight excluding hydrogens is 359 g/mol. The summed E-state index contributed by atoms with van der Waals surface area (Å²) in [5, 5.41) is 1.38. The number of ether oxygens (including phenoxy) is 1. The third kappa shape index (κ3) is 3.55. The van der Waals surface area contributed by atoms with E-state index in [9.17, 15) is 22.8 Å². The van der Waals surface area contributed by atoms with Crippen LogP contribution in [0.4, 0.5) is 13.2 Å². The van der Waals surface area contributed by atoms with Crippen LogP contribution in [0.25, 0.3) is 11.1 Å². The molecule has 5 nitrogen and oxygen atoms in total. The highest BCUT2D eigenvalue weighted by Gasteiger charge is 2.48. The Morgan fingerprint density at radius 3 is 2.60 bits per heavy atom. The number of carbonyl (C=O) groups is 2. The van der Waals surface area contributed by atoms with Crippen molar-refractivity contribution >= 4 is 34.2 Å². The third-order valence-electron chi connectivity index (χ3n) is 3.26. The van der Waals surface area contributed by atoms with E-state index in [4.69, 9.17) is 4.42 Å². The van der Waals surface area contributed by atoms with Gasteiger partial charge in [-0.3, -0.25) is 4.79 Å². The Balaban J connectivity index is 1.90. The van der Waals surface area contributed by atoms with Crippen LogP contribution in [0.1, 0.15) is 38.9 Å². The van der Waals surface area contributed by atoms with Crippen LogP contribution in [0.2, 0.25) is 0 Å². The predicted molar refractivity (Wildman–Crippen MR) is 82.5 cm³/mol. The number of aromatic nitrogens is 1. The second-order valence-electron chi connectivity index (χ2n) is 5.10. The van der Waals surface area contributed by atoms with Crippen molar-refractivity contribution in [3.63, 3.8) is 0 Å². The second kappa shape index (κ2) is 6.32. The molecule has 0 bridgehead atoms. The Morgan fingerprint density at radius 2 is 2.00 bits per heavy atom. The Morgan fingerprint density at radius 1 is 1.28 bits per heavy atom. The molecule has 2 aromatic heterocycles. The molecule has 0 aliphatic rings. The fraction of sp³-hybridized carbons (Fsp3) is 0.188. The molecule has 2 heterocycles. The summed E-state index contributed by atoms with van der Waals surface area (Å²) in [6, 6.07) is 7.31. The number of carbonyl (C=O) groups excluding carboxylic acids is 2.